The summed E-state index contributed by atoms with van der Waals surface area (Å²) in [6, 6.07) is 10.7. The van der Waals surface area contributed by atoms with Crippen LogP contribution in [0.25, 0.3) is 10.8 Å². The van der Waals surface area contributed by atoms with E-state index in [1.165, 1.54) is 21.9 Å². The van der Waals surface area contributed by atoms with Crippen molar-refractivity contribution in [2.75, 3.05) is 7.05 Å². The number of nitrogens with zero attached hydrogens (tertiary/aromatic N) is 1. The molecule has 2 aromatic heterocycles. The van der Waals surface area contributed by atoms with E-state index in [1.807, 2.05) is 25.5 Å². The van der Waals surface area contributed by atoms with Crippen LogP contribution in [0.2, 0.25) is 0 Å². The van der Waals surface area contributed by atoms with Crippen molar-refractivity contribution in [3.8, 4) is 0 Å². The molecule has 0 aliphatic heterocycles. The molecule has 0 bridgehead atoms. The summed E-state index contributed by atoms with van der Waals surface area (Å²) >= 11 is 8.89. The van der Waals surface area contributed by atoms with Gasteiger partial charge in [-0.3, -0.25) is 4.98 Å². The van der Waals surface area contributed by atoms with Gasteiger partial charge in [0.05, 0.1) is 13.6 Å². The van der Waals surface area contributed by atoms with E-state index in [0.29, 0.717) is 0 Å². The third kappa shape index (κ3) is 2.55. The summed E-state index contributed by atoms with van der Waals surface area (Å²) in [7, 11) is 1.98. The highest BCUT2D eigenvalue weighted by Crippen LogP contribution is 2.39. The van der Waals surface area contributed by atoms with Crippen LogP contribution in [-0.4, -0.2) is 12.0 Å². The Morgan fingerprint density at radius 2 is 2.05 bits per heavy atom. The van der Waals surface area contributed by atoms with Gasteiger partial charge in [0.2, 0.25) is 0 Å². The molecule has 1 aromatic carbocycles. The molecule has 0 radical (unpaired) electrons. The van der Waals surface area contributed by atoms with E-state index in [9.17, 15) is 0 Å². The normalized spacial score (nSPS) is 12.8. The van der Waals surface area contributed by atoms with Gasteiger partial charge < -0.3 is 5.32 Å². The minimum atomic E-state index is 0.139. The number of aromatic nitrogens is 1. The van der Waals surface area contributed by atoms with Crippen LogP contribution >= 0.6 is 43.2 Å². The van der Waals surface area contributed by atoms with Crippen LogP contribution in [0.4, 0.5) is 0 Å². The third-order valence-electron chi connectivity index (χ3n) is 3.31. The number of hydrogen-bond acceptors (Lipinski definition) is 3. The van der Waals surface area contributed by atoms with Crippen molar-refractivity contribution in [2.24, 2.45) is 0 Å². The van der Waals surface area contributed by atoms with Gasteiger partial charge in [0.15, 0.2) is 0 Å². The molecule has 1 atom stereocenters. The van der Waals surface area contributed by atoms with Crippen molar-refractivity contribution in [3.63, 3.8) is 0 Å². The lowest BCUT2D eigenvalue weighted by Crippen LogP contribution is -2.17. The standard InChI is InChI=1S/C15H12Br2N2S/c1-18-14(11-7-13(16)20-15(11)17)10-4-2-3-9-5-6-19-8-12(9)10/h2-8,14,18H,1H3. The molecule has 3 rings (SSSR count). The summed E-state index contributed by atoms with van der Waals surface area (Å²) in [5, 5.41) is 5.80. The Labute approximate surface area is 138 Å². The molecular weight excluding hydrogens is 400 g/mol. The van der Waals surface area contributed by atoms with E-state index in [2.05, 4.69) is 66.4 Å². The Balaban J connectivity index is 2.19. The molecule has 0 amide bonds. The number of fused-ring (bicyclic) bond motifs is 1. The maximum absolute atomic E-state index is 4.27. The highest BCUT2D eigenvalue weighted by atomic mass is 79.9. The van der Waals surface area contributed by atoms with Gasteiger partial charge in [-0.25, -0.2) is 0 Å². The Bertz CT molecular complexity index is 749. The van der Waals surface area contributed by atoms with E-state index in [-0.39, 0.29) is 6.04 Å². The van der Waals surface area contributed by atoms with E-state index in [1.54, 1.807) is 11.3 Å². The van der Waals surface area contributed by atoms with Crippen LogP contribution in [0.5, 0.6) is 0 Å². The van der Waals surface area contributed by atoms with Gasteiger partial charge in [-0.05, 0) is 67.6 Å². The number of hydrogen-bond donors (Lipinski definition) is 1. The van der Waals surface area contributed by atoms with E-state index >= 15 is 0 Å². The second kappa shape index (κ2) is 5.93. The zero-order valence-corrected chi connectivity index (χ0v) is 14.7. The van der Waals surface area contributed by atoms with Gasteiger partial charge in [0.25, 0.3) is 0 Å². The van der Waals surface area contributed by atoms with Gasteiger partial charge in [0.1, 0.15) is 0 Å². The number of thiophene rings is 1. The molecule has 0 spiro atoms. The molecule has 102 valence electrons. The van der Waals surface area contributed by atoms with Gasteiger partial charge in [-0.1, -0.05) is 18.2 Å². The molecular formula is C15H12Br2N2S. The summed E-state index contributed by atoms with van der Waals surface area (Å²) in [6.07, 6.45) is 3.77. The molecule has 20 heavy (non-hydrogen) atoms. The Morgan fingerprint density at radius 1 is 1.20 bits per heavy atom. The van der Waals surface area contributed by atoms with Gasteiger partial charge in [-0.15, -0.1) is 11.3 Å². The average Bonchev–Trinajstić information content (AvgIpc) is 2.79. The molecule has 5 heteroatoms. The van der Waals surface area contributed by atoms with Crippen molar-refractivity contribution in [1.82, 2.24) is 10.3 Å². The molecule has 1 N–H and O–H groups in total. The van der Waals surface area contributed by atoms with E-state index in [0.717, 1.165) is 7.57 Å². The molecule has 0 saturated carbocycles. The fraction of sp³-hybridized carbons (Fsp3) is 0.133. The lowest BCUT2D eigenvalue weighted by Gasteiger charge is -2.18. The number of pyridine rings is 1. The van der Waals surface area contributed by atoms with Crippen molar-refractivity contribution in [2.45, 2.75) is 6.04 Å². The van der Waals surface area contributed by atoms with Gasteiger partial charge in [0, 0.05) is 17.8 Å². The minimum Gasteiger partial charge on any atom is -0.309 e. The van der Waals surface area contributed by atoms with Crippen molar-refractivity contribution in [3.05, 3.63) is 61.4 Å². The van der Waals surface area contributed by atoms with Crippen LogP contribution in [0.15, 0.2) is 50.3 Å². The molecule has 0 aliphatic carbocycles. The first-order valence-corrected chi connectivity index (χ1v) is 8.55. The topological polar surface area (TPSA) is 24.9 Å². The van der Waals surface area contributed by atoms with E-state index < -0.39 is 0 Å². The van der Waals surface area contributed by atoms with E-state index in [4.69, 9.17) is 0 Å². The molecule has 0 fully saturated rings. The van der Waals surface area contributed by atoms with Gasteiger partial charge >= 0.3 is 0 Å². The largest absolute Gasteiger partial charge is 0.309 e. The fourth-order valence-corrected chi connectivity index (χ4v) is 5.32. The number of halogens is 2. The SMILES string of the molecule is CNC(c1cc(Br)sc1Br)c1cccc2ccncc12. The van der Waals surface area contributed by atoms with Gasteiger partial charge in [-0.2, -0.15) is 0 Å². The lowest BCUT2D eigenvalue weighted by molar-refractivity contribution is 0.696. The predicted octanol–water partition coefficient (Wildman–Crippen LogP) is 5.13. The molecule has 0 saturated heterocycles. The average molecular weight is 412 g/mol. The summed E-state index contributed by atoms with van der Waals surface area (Å²) in [5.41, 5.74) is 2.48. The van der Waals surface area contributed by atoms with Crippen molar-refractivity contribution in [1.29, 1.82) is 0 Å². The number of rotatable bonds is 3. The summed E-state index contributed by atoms with van der Waals surface area (Å²) in [6.45, 7) is 0. The highest BCUT2D eigenvalue weighted by molar-refractivity contribution is 9.12. The quantitative estimate of drug-likeness (QED) is 0.646. The maximum atomic E-state index is 4.27. The third-order valence-corrected chi connectivity index (χ3v) is 5.70. The van der Waals surface area contributed by atoms with Crippen molar-refractivity contribution >= 4 is 54.0 Å². The van der Waals surface area contributed by atoms with Crippen molar-refractivity contribution < 1.29 is 0 Å². The van der Waals surface area contributed by atoms with Crippen LogP contribution < -0.4 is 5.32 Å². The number of benzene rings is 1. The highest BCUT2D eigenvalue weighted by Gasteiger charge is 2.19. The molecule has 2 nitrogen and oxygen atoms in total. The zero-order valence-electron chi connectivity index (χ0n) is 10.7. The summed E-state index contributed by atoms with van der Waals surface area (Å²) in [4.78, 5) is 4.27. The van der Waals surface area contributed by atoms with Crippen LogP contribution in [0.1, 0.15) is 17.2 Å². The minimum absolute atomic E-state index is 0.139. The second-order valence-corrected chi connectivity index (χ2v) is 8.19. The first-order chi connectivity index (χ1) is 9.70. The maximum Gasteiger partial charge on any atom is 0.0761 e. The zero-order chi connectivity index (χ0) is 14.1. The smallest absolute Gasteiger partial charge is 0.0761 e. The van der Waals surface area contributed by atoms with Crippen LogP contribution in [0, 0.1) is 0 Å². The lowest BCUT2D eigenvalue weighted by atomic mass is 9.96. The first kappa shape index (κ1) is 14.2. The Morgan fingerprint density at radius 3 is 2.75 bits per heavy atom. The molecule has 0 aliphatic rings. The first-order valence-electron chi connectivity index (χ1n) is 6.15. The molecule has 2 heterocycles. The molecule has 3 aromatic rings. The monoisotopic (exact) mass is 410 g/mol. The predicted molar refractivity (Wildman–Crippen MR) is 92.4 cm³/mol. The van der Waals surface area contributed by atoms with Crippen LogP contribution in [-0.2, 0) is 0 Å². The second-order valence-electron chi connectivity index (χ2n) is 4.45. The Hall–Kier alpha value is -0.750. The summed E-state index contributed by atoms with van der Waals surface area (Å²) < 4.78 is 2.27. The summed E-state index contributed by atoms with van der Waals surface area (Å²) in [5.74, 6) is 0. The fourth-order valence-electron chi connectivity index (χ4n) is 2.42. The van der Waals surface area contributed by atoms with Crippen LogP contribution in [0.3, 0.4) is 0 Å². The Kier molecular flexibility index (Phi) is 4.21. The number of nitrogens with one attached hydrogen (secondary N) is 1. The molecule has 1 unspecified atom stereocenters.